The molecule has 0 saturated heterocycles. The molecule has 0 amide bonds. The molecule has 18 heavy (non-hydrogen) atoms. The van der Waals surface area contributed by atoms with Crippen LogP contribution in [0, 0.1) is 5.82 Å². The Kier molecular flexibility index (Phi) is 2.76. The summed E-state index contributed by atoms with van der Waals surface area (Å²) in [5, 5.41) is 13.2. The van der Waals surface area contributed by atoms with E-state index in [0.29, 0.717) is 5.56 Å². The van der Waals surface area contributed by atoms with Crippen molar-refractivity contribution in [3.8, 4) is 5.75 Å². The molecule has 1 heterocycles. The summed E-state index contributed by atoms with van der Waals surface area (Å²) in [6.45, 7) is 0.831. The van der Waals surface area contributed by atoms with Gasteiger partial charge in [-0.25, -0.2) is 4.39 Å². The fourth-order valence-corrected chi connectivity index (χ4v) is 2.54. The summed E-state index contributed by atoms with van der Waals surface area (Å²) in [6, 6.07) is 12.0. The van der Waals surface area contributed by atoms with Gasteiger partial charge in [0.15, 0.2) is 0 Å². The number of benzene rings is 2. The van der Waals surface area contributed by atoms with Crippen LogP contribution >= 0.6 is 0 Å². The van der Waals surface area contributed by atoms with Crippen molar-refractivity contribution in [1.82, 2.24) is 5.32 Å². The Morgan fingerprint density at radius 3 is 2.83 bits per heavy atom. The Labute approximate surface area is 105 Å². The Hall–Kier alpha value is -1.87. The molecule has 1 aliphatic rings. The van der Waals surface area contributed by atoms with Gasteiger partial charge in [-0.1, -0.05) is 24.3 Å². The third kappa shape index (κ3) is 1.87. The Morgan fingerprint density at radius 2 is 1.94 bits per heavy atom. The molecule has 0 fully saturated rings. The van der Waals surface area contributed by atoms with Gasteiger partial charge in [-0.3, -0.25) is 0 Å². The highest BCUT2D eigenvalue weighted by atomic mass is 19.1. The topological polar surface area (TPSA) is 32.3 Å². The van der Waals surface area contributed by atoms with Gasteiger partial charge in [0.1, 0.15) is 11.6 Å². The maximum atomic E-state index is 13.3. The predicted molar refractivity (Wildman–Crippen MR) is 68.1 cm³/mol. The average Bonchev–Trinajstić information content (AvgIpc) is 2.41. The molecule has 0 radical (unpaired) electrons. The Morgan fingerprint density at radius 1 is 1.11 bits per heavy atom. The largest absolute Gasteiger partial charge is 0.508 e. The summed E-state index contributed by atoms with van der Waals surface area (Å²) in [6.07, 6.45) is 0.961. The minimum Gasteiger partial charge on any atom is -0.508 e. The van der Waals surface area contributed by atoms with Crippen LogP contribution < -0.4 is 5.32 Å². The second-order valence-corrected chi connectivity index (χ2v) is 4.54. The number of halogens is 1. The molecule has 0 aromatic heterocycles. The summed E-state index contributed by atoms with van der Waals surface area (Å²) >= 11 is 0. The highest BCUT2D eigenvalue weighted by Crippen LogP contribution is 2.33. The molecule has 2 aromatic rings. The van der Waals surface area contributed by atoms with Gasteiger partial charge in [0.05, 0.1) is 6.04 Å². The zero-order chi connectivity index (χ0) is 12.5. The van der Waals surface area contributed by atoms with E-state index in [9.17, 15) is 9.50 Å². The average molecular weight is 243 g/mol. The number of fused-ring (bicyclic) bond motifs is 1. The van der Waals surface area contributed by atoms with Crippen LogP contribution in [0.15, 0.2) is 42.5 Å². The van der Waals surface area contributed by atoms with Crippen molar-refractivity contribution < 1.29 is 9.50 Å². The summed E-state index contributed by atoms with van der Waals surface area (Å²) in [5.41, 5.74) is 2.97. The molecule has 3 rings (SSSR count). The minimum absolute atomic E-state index is 0.130. The lowest BCUT2D eigenvalue weighted by molar-refractivity contribution is 0.450. The maximum Gasteiger partial charge on any atom is 0.123 e. The molecular formula is C15H14FNO. The van der Waals surface area contributed by atoms with E-state index in [4.69, 9.17) is 0 Å². The van der Waals surface area contributed by atoms with Crippen LogP contribution in [0.25, 0.3) is 0 Å². The van der Waals surface area contributed by atoms with Crippen LogP contribution in [0.3, 0.4) is 0 Å². The lowest BCUT2D eigenvalue weighted by Crippen LogP contribution is -2.30. The van der Waals surface area contributed by atoms with Gasteiger partial charge < -0.3 is 10.4 Å². The van der Waals surface area contributed by atoms with E-state index in [0.717, 1.165) is 18.5 Å². The van der Waals surface area contributed by atoms with E-state index in [1.165, 1.54) is 23.8 Å². The van der Waals surface area contributed by atoms with Gasteiger partial charge in [-0.15, -0.1) is 0 Å². The van der Waals surface area contributed by atoms with E-state index in [2.05, 4.69) is 11.4 Å². The fourth-order valence-electron chi connectivity index (χ4n) is 2.54. The first-order valence-corrected chi connectivity index (χ1v) is 6.05. The predicted octanol–water partition coefficient (Wildman–Crippen LogP) is 2.77. The van der Waals surface area contributed by atoms with Crippen molar-refractivity contribution in [3.05, 3.63) is 65.0 Å². The number of aromatic hydroxyl groups is 1. The smallest absolute Gasteiger partial charge is 0.123 e. The molecule has 92 valence electrons. The zero-order valence-electron chi connectivity index (χ0n) is 9.86. The highest BCUT2D eigenvalue weighted by Gasteiger charge is 2.23. The second-order valence-electron chi connectivity index (χ2n) is 4.54. The first-order valence-electron chi connectivity index (χ1n) is 6.05. The van der Waals surface area contributed by atoms with Gasteiger partial charge in [-0.2, -0.15) is 0 Å². The summed E-state index contributed by atoms with van der Waals surface area (Å²) < 4.78 is 13.3. The molecular weight excluding hydrogens is 229 g/mol. The van der Waals surface area contributed by atoms with Crippen LogP contribution in [0.1, 0.15) is 22.7 Å². The van der Waals surface area contributed by atoms with Crippen molar-refractivity contribution in [2.45, 2.75) is 12.5 Å². The minimum atomic E-state index is -0.326. The van der Waals surface area contributed by atoms with Crippen LogP contribution in [0.5, 0.6) is 5.75 Å². The number of phenolic OH excluding ortho intramolecular Hbond substituents is 1. The number of hydrogen-bond donors (Lipinski definition) is 2. The fraction of sp³-hybridized carbons (Fsp3) is 0.200. The van der Waals surface area contributed by atoms with Crippen molar-refractivity contribution in [3.63, 3.8) is 0 Å². The molecule has 2 N–H and O–H groups in total. The van der Waals surface area contributed by atoms with Gasteiger partial charge in [0, 0.05) is 12.1 Å². The molecule has 3 heteroatoms. The van der Waals surface area contributed by atoms with E-state index >= 15 is 0 Å². The van der Waals surface area contributed by atoms with Crippen molar-refractivity contribution in [1.29, 1.82) is 0 Å². The zero-order valence-corrected chi connectivity index (χ0v) is 9.86. The van der Waals surface area contributed by atoms with E-state index < -0.39 is 0 Å². The first kappa shape index (κ1) is 11.2. The lowest BCUT2D eigenvalue weighted by atomic mass is 9.89. The normalized spacial score (nSPS) is 18.4. The van der Waals surface area contributed by atoms with Gasteiger partial charge >= 0.3 is 0 Å². The molecule has 0 saturated carbocycles. The SMILES string of the molecule is Oc1ccc(F)cc1C1NCCc2ccccc21. The van der Waals surface area contributed by atoms with Gasteiger partial charge in [-0.05, 0) is 35.7 Å². The Bertz CT molecular complexity index is 582. The van der Waals surface area contributed by atoms with Gasteiger partial charge in [0.2, 0.25) is 0 Å². The molecule has 2 aromatic carbocycles. The summed E-state index contributed by atoms with van der Waals surface area (Å²) in [5.74, 6) is -0.196. The highest BCUT2D eigenvalue weighted by molar-refractivity contribution is 5.45. The maximum absolute atomic E-state index is 13.3. The molecule has 0 spiro atoms. The van der Waals surface area contributed by atoms with E-state index in [1.54, 1.807) is 0 Å². The summed E-state index contributed by atoms with van der Waals surface area (Å²) in [4.78, 5) is 0. The molecule has 1 aliphatic heterocycles. The number of rotatable bonds is 1. The van der Waals surface area contributed by atoms with Crippen LogP contribution in [-0.2, 0) is 6.42 Å². The quantitative estimate of drug-likeness (QED) is 0.807. The molecule has 1 unspecified atom stereocenters. The van der Waals surface area contributed by atoms with Crippen molar-refractivity contribution in [2.75, 3.05) is 6.54 Å². The van der Waals surface area contributed by atoms with Crippen LogP contribution in [0.2, 0.25) is 0 Å². The first-order chi connectivity index (χ1) is 8.75. The second kappa shape index (κ2) is 4.42. The Balaban J connectivity index is 2.11. The molecule has 0 aliphatic carbocycles. The standard InChI is InChI=1S/C15H14FNO/c16-11-5-6-14(18)13(9-11)15-12-4-2-1-3-10(12)7-8-17-15/h1-6,9,15,17-18H,7-8H2. The third-order valence-corrected chi connectivity index (χ3v) is 3.41. The van der Waals surface area contributed by atoms with Crippen LogP contribution in [-0.4, -0.2) is 11.7 Å². The third-order valence-electron chi connectivity index (χ3n) is 3.41. The monoisotopic (exact) mass is 243 g/mol. The molecule has 1 atom stereocenters. The van der Waals surface area contributed by atoms with Crippen molar-refractivity contribution >= 4 is 0 Å². The molecule has 0 bridgehead atoms. The molecule has 2 nitrogen and oxygen atoms in total. The van der Waals surface area contributed by atoms with Gasteiger partial charge in [0.25, 0.3) is 0 Å². The van der Waals surface area contributed by atoms with E-state index in [-0.39, 0.29) is 17.6 Å². The number of hydrogen-bond acceptors (Lipinski definition) is 2. The lowest BCUT2D eigenvalue weighted by Gasteiger charge is -2.27. The van der Waals surface area contributed by atoms with Crippen molar-refractivity contribution in [2.24, 2.45) is 0 Å². The number of phenols is 1. The number of nitrogens with one attached hydrogen (secondary N) is 1. The summed E-state index contributed by atoms with van der Waals surface area (Å²) in [7, 11) is 0. The van der Waals surface area contributed by atoms with Crippen LogP contribution in [0.4, 0.5) is 4.39 Å². The van der Waals surface area contributed by atoms with E-state index in [1.807, 2.05) is 18.2 Å².